The number of nitrogens with one attached hydrogen (secondary N) is 2. The highest BCUT2D eigenvalue weighted by Crippen LogP contribution is 2.22. The Balaban J connectivity index is 1.92. The summed E-state index contributed by atoms with van der Waals surface area (Å²) in [5, 5.41) is 16.0. The maximum Gasteiger partial charge on any atom is 0.220 e. The Morgan fingerprint density at radius 3 is 2.61 bits per heavy atom. The van der Waals surface area contributed by atoms with Crippen LogP contribution in [0.5, 0.6) is 5.75 Å². The maximum atomic E-state index is 11.0. The van der Waals surface area contributed by atoms with Gasteiger partial charge in [0.05, 0.1) is 0 Å². The van der Waals surface area contributed by atoms with E-state index in [0.717, 1.165) is 24.1 Å². The zero-order valence-electron chi connectivity index (χ0n) is 10.9. The Morgan fingerprint density at radius 2 is 2.06 bits per heavy atom. The Bertz CT molecular complexity index is 424. The molecule has 0 radical (unpaired) electrons. The smallest absolute Gasteiger partial charge is 0.220 e. The van der Waals surface area contributed by atoms with E-state index in [-0.39, 0.29) is 5.91 Å². The predicted molar refractivity (Wildman–Crippen MR) is 70.5 cm³/mol. The summed E-state index contributed by atoms with van der Waals surface area (Å²) in [6, 6.07) is 4.34. The minimum atomic E-state index is 0.143. The van der Waals surface area contributed by atoms with Crippen LogP contribution < -0.4 is 10.6 Å². The fourth-order valence-corrected chi connectivity index (χ4v) is 2.32. The molecule has 0 saturated carbocycles. The minimum absolute atomic E-state index is 0.143. The van der Waals surface area contributed by atoms with Crippen molar-refractivity contribution in [3.63, 3.8) is 0 Å². The number of piperidine rings is 1. The van der Waals surface area contributed by atoms with Crippen LogP contribution in [-0.2, 0) is 11.3 Å². The number of aryl methyl sites for hydroxylation is 2. The van der Waals surface area contributed by atoms with Crippen LogP contribution in [0.4, 0.5) is 0 Å². The average molecular weight is 248 g/mol. The number of phenolic OH excluding ortho intramolecular Hbond substituents is 1. The van der Waals surface area contributed by atoms with E-state index in [9.17, 15) is 9.90 Å². The molecule has 1 atom stereocenters. The molecular weight excluding hydrogens is 228 g/mol. The van der Waals surface area contributed by atoms with Crippen molar-refractivity contribution in [1.29, 1.82) is 0 Å². The largest absolute Gasteiger partial charge is 0.507 e. The lowest BCUT2D eigenvalue weighted by Crippen LogP contribution is -2.45. The van der Waals surface area contributed by atoms with Gasteiger partial charge in [0.2, 0.25) is 5.91 Å². The van der Waals surface area contributed by atoms with Crippen LogP contribution in [0, 0.1) is 13.8 Å². The number of aromatic hydroxyl groups is 1. The summed E-state index contributed by atoms with van der Waals surface area (Å²) in [5.74, 6) is 0.521. The van der Waals surface area contributed by atoms with Crippen molar-refractivity contribution >= 4 is 5.91 Å². The quantitative estimate of drug-likeness (QED) is 0.757. The number of carbonyl (C=O) groups excluding carboxylic acids is 1. The summed E-state index contributed by atoms with van der Waals surface area (Å²) in [6.45, 7) is 5.29. The van der Waals surface area contributed by atoms with Gasteiger partial charge in [-0.05, 0) is 37.0 Å². The minimum Gasteiger partial charge on any atom is -0.507 e. The summed E-state index contributed by atoms with van der Waals surface area (Å²) < 4.78 is 0. The van der Waals surface area contributed by atoms with Crippen molar-refractivity contribution in [3.8, 4) is 5.75 Å². The van der Waals surface area contributed by atoms with Gasteiger partial charge in [0.15, 0.2) is 0 Å². The molecule has 1 aliphatic heterocycles. The lowest BCUT2D eigenvalue weighted by molar-refractivity contribution is -0.122. The van der Waals surface area contributed by atoms with Gasteiger partial charge >= 0.3 is 0 Å². The number of benzene rings is 1. The molecule has 1 aromatic rings. The van der Waals surface area contributed by atoms with E-state index in [1.165, 1.54) is 5.56 Å². The van der Waals surface area contributed by atoms with E-state index in [1.807, 2.05) is 26.0 Å². The molecule has 3 N–H and O–H groups in total. The highest BCUT2D eigenvalue weighted by Gasteiger charge is 2.17. The molecule has 1 heterocycles. The first-order valence-electron chi connectivity index (χ1n) is 6.35. The van der Waals surface area contributed by atoms with E-state index in [1.54, 1.807) is 0 Å². The summed E-state index contributed by atoms with van der Waals surface area (Å²) >= 11 is 0. The molecule has 1 fully saturated rings. The number of hydrogen-bond donors (Lipinski definition) is 3. The molecule has 98 valence electrons. The lowest BCUT2D eigenvalue weighted by atomic mass is 10.0. The van der Waals surface area contributed by atoms with Crippen molar-refractivity contribution < 1.29 is 9.90 Å². The third-order valence-electron chi connectivity index (χ3n) is 3.41. The standard InChI is InChI=1S/C14H20N2O2/c1-9-5-11(6-10(2)14(9)18)7-15-12-3-4-13(17)16-8-12/h5-6,12,15,18H,3-4,7-8H2,1-2H3,(H,16,17). The normalized spacial score (nSPS) is 19.7. The van der Waals surface area contributed by atoms with Crippen LogP contribution in [0.25, 0.3) is 0 Å². The van der Waals surface area contributed by atoms with E-state index in [2.05, 4.69) is 10.6 Å². The van der Waals surface area contributed by atoms with Gasteiger partial charge in [-0.2, -0.15) is 0 Å². The number of rotatable bonds is 3. The second-order valence-electron chi connectivity index (χ2n) is 5.00. The average Bonchev–Trinajstić information content (AvgIpc) is 2.35. The van der Waals surface area contributed by atoms with E-state index in [4.69, 9.17) is 0 Å². The zero-order chi connectivity index (χ0) is 13.1. The van der Waals surface area contributed by atoms with Crippen LogP contribution in [-0.4, -0.2) is 23.6 Å². The second kappa shape index (κ2) is 5.40. The van der Waals surface area contributed by atoms with Crippen LogP contribution in [0.3, 0.4) is 0 Å². The number of amides is 1. The third-order valence-corrected chi connectivity index (χ3v) is 3.41. The van der Waals surface area contributed by atoms with Gasteiger partial charge in [0, 0.05) is 25.6 Å². The maximum absolute atomic E-state index is 11.0. The van der Waals surface area contributed by atoms with Crippen LogP contribution in [0.2, 0.25) is 0 Å². The van der Waals surface area contributed by atoms with Crippen molar-refractivity contribution in [2.75, 3.05) is 6.54 Å². The van der Waals surface area contributed by atoms with Crippen LogP contribution >= 0.6 is 0 Å². The SMILES string of the molecule is Cc1cc(CNC2CCC(=O)NC2)cc(C)c1O. The summed E-state index contributed by atoms with van der Waals surface area (Å²) in [4.78, 5) is 11.0. The number of phenols is 1. The molecular formula is C14H20N2O2. The van der Waals surface area contributed by atoms with Crippen LogP contribution in [0.1, 0.15) is 29.5 Å². The van der Waals surface area contributed by atoms with Crippen molar-refractivity contribution in [1.82, 2.24) is 10.6 Å². The Morgan fingerprint density at radius 1 is 1.39 bits per heavy atom. The number of hydrogen-bond acceptors (Lipinski definition) is 3. The van der Waals surface area contributed by atoms with Gasteiger partial charge in [-0.15, -0.1) is 0 Å². The van der Waals surface area contributed by atoms with Crippen molar-refractivity contribution in [2.24, 2.45) is 0 Å². The van der Waals surface area contributed by atoms with Gasteiger partial charge in [-0.3, -0.25) is 4.79 Å². The molecule has 2 rings (SSSR count). The Kier molecular flexibility index (Phi) is 3.87. The second-order valence-corrected chi connectivity index (χ2v) is 5.00. The first-order chi connectivity index (χ1) is 8.56. The molecule has 18 heavy (non-hydrogen) atoms. The molecule has 4 nitrogen and oxygen atoms in total. The molecule has 1 unspecified atom stereocenters. The Hall–Kier alpha value is -1.55. The highest BCUT2D eigenvalue weighted by molar-refractivity contribution is 5.76. The summed E-state index contributed by atoms with van der Waals surface area (Å²) in [5.41, 5.74) is 2.98. The van der Waals surface area contributed by atoms with Gasteiger partial charge < -0.3 is 15.7 Å². The summed E-state index contributed by atoms with van der Waals surface area (Å²) in [6.07, 6.45) is 1.49. The van der Waals surface area contributed by atoms with Gasteiger partial charge in [-0.25, -0.2) is 0 Å². The van der Waals surface area contributed by atoms with E-state index >= 15 is 0 Å². The Labute approximate surface area is 107 Å². The predicted octanol–water partition coefficient (Wildman–Crippen LogP) is 1.38. The summed E-state index contributed by atoms with van der Waals surface area (Å²) in [7, 11) is 0. The first-order valence-corrected chi connectivity index (χ1v) is 6.35. The third kappa shape index (κ3) is 3.01. The molecule has 1 aromatic carbocycles. The zero-order valence-corrected chi connectivity index (χ0v) is 10.9. The van der Waals surface area contributed by atoms with E-state index in [0.29, 0.717) is 24.8 Å². The fraction of sp³-hybridized carbons (Fsp3) is 0.500. The van der Waals surface area contributed by atoms with Gasteiger partial charge in [0.1, 0.15) is 5.75 Å². The molecule has 0 aromatic heterocycles. The molecule has 1 aliphatic rings. The lowest BCUT2D eigenvalue weighted by Gasteiger charge is -2.23. The van der Waals surface area contributed by atoms with Crippen LogP contribution in [0.15, 0.2) is 12.1 Å². The monoisotopic (exact) mass is 248 g/mol. The molecule has 1 amide bonds. The first kappa shape index (κ1) is 12.9. The van der Waals surface area contributed by atoms with E-state index < -0.39 is 0 Å². The molecule has 0 bridgehead atoms. The molecule has 1 saturated heterocycles. The number of carbonyl (C=O) groups is 1. The molecule has 0 aliphatic carbocycles. The topological polar surface area (TPSA) is 61.4 Å². The van der Waals surface area contributed by atoms with Gasteiger partial charge in [-0.1, -0.05) is 12.1 Å². The molecule has 4 heteroatoms. The highest BCUT2D eigenvalue weighted by atomic mass is 16.3. The van der Waals surface area contributed by atoms with Crippen molar-refractivity contribution in [2.45, 2.75) is 39.3 Å². The van der Waals surface area contributed by atoms with Crippen molar-refractivity contribution in [3.05, 3.63) is 28.8 Å². The fourth-order valence-electron chi connectivity index (χ4n) is 2.32. The van der Waals surface area contributed by atoms with Gasteiger partial charge in [0.25, 0.3) is 0 Å². The molecule has 0 spiro atoms.